The van der Waals surface area contributed by atoms with Crippen LogP contribution < -0.4 is 56.8 Å². The normalized spacial score (nSPS) is 10.8. The molecule has 0 heterocycles. The van der Waals surface area contributed by atoms with Gasteiger partial charge in [-0.25, -0.2) is 0 Å². The third-order valence-corrected chi connectivity index (χ3v) is 1.46. The van der Waals surface area contributed by atoms with E-state index in [1.54, 1.807) is 0 Å². The van der Waals surface area contributed by atoms with Gasteiger partial charge in [0.25, 0.3) is 0 Å². The molecule has 0 amide bonds. The molecule has 66 valence electrons. The van der Waals surface area contributed by atoms with Crippen molar-refractivity contribution in [1.29, 1.82) is 0 Å². The Morgan fingerprint density at radius 1 is 1.15 bits per heavy atom. The van der Waals surface area contributed by atoms with Crippen molar-refractivity contribution >= 4 is 12.4 Å². The number of rotatable bonds is 1. The summed E-state index contributed by atoms with van der Waals surface area (Å²) in [5.74, 6) is -0.343. The SMILES string of the molecule is Cc1cc(O)cc([B-](F)(F)F)c1.[K+]. The average Bonchev–Trinajstić information content (AvgIpc) is 1.82. The van der Waals surface area contributed by atoms with Crippen molar-refractivity contribution in [1.82, 2.24) is 0 Å². The molecular formula is C7H7BF3KO. The zero-order valence-corrected chi connectivity index (χ0v) is 10.5. The largest absolute Gasteiger partial charge is 1.00 e. The fourth-order valence-electron chi connectivity index (χ4n) is 0.981. The molecule has 0 aliphatic rings. The van der Waals surface area contributed by atoms with Crippen molar-refractivity contribution in [2.24, 2.45) is 0 Å². The molecule has 0 aromatic heterocycles. The van der Waals surface area contributed by atoms with Crippen LogP contribution in [0.4, 0.5) is 12.9 Å². The number of aromatic hydroxyl groups is 1. The number of aryl methyl sites for hydroxylation is 1. The molecule has 13 heavy (non-hydrogen) atoms. The topological polar surface area (TPSA) is 20.2 Å². The van der Waals surface area contributed by atoms with Gasteiger partial charge in [0, 0.05) is 0 Å². The van der Waals surface area contributed by atoms with E-state index in [1.165, 1.54) is 13.0 Å². The van der Waals surface area contributed by atoms with Crippen LogP contribution in [-0.4, -0.2) is 12.1 Å². The first-order valence-corrected chi connectivity index (χ1v) is 3.40. The van der Waals surface area contributed by atoms with Gasteiger partial charge in [-0.05, 0) is 19.1 Å². The van der Waals surface area contributed by atoms with Crippen molar-refractivity contribution in [2.75, 3.05) is 0 Å². The van der Waals surface area contributed by atoms with Gasteiger partial charge in [0.2, 0.25) is 0 Å². The van der Waals surface area contributed by atoms with Crippen LogP contribution in [0.3, 0.4) is 0 Å². The fraction of sp³-hybridized carbons (Fsp3) is 0.143. The second kappa shape index (κ2) is 4.84. The van der Waals surface area contributed by atoms with Crippen LogP contribution in [0.5, 0.6) is 5.75 Å². The summed E-state index contributed by atoms with van der Waals surface area (Å²) in [4.78, 5) is 0. The van der Waals surface area contributed by atoms with Gasteiger partial charge in [0.05, 0.1) is 0 Å². The monoisotopic (exact) mass is 214 g/mol. The molecule has 1 nitrogen and oxygen atoms in total. The predicted molar refractivity (Wildman–Crippen MR) is 41.6 cm³/mol. The smallest absolute Gasteiger partial charge is 0.508 e. The van der Waals surface area contributed by atoms with Crippen LogP contribution in [0.1, 0.15) is 5.56 Å². The number of phenolic OH excluding ortho intramolecular Hbond substituents is 1. The zero-order chi connectivity index (χ0) is 9.35. The molecule has 0 aliphatic heterocycles. The van der Waals surface area contributed by atoms with Crippen LogP contribution in [0.2, 0.25) is 0 Å². The third-order valence-electron chi connectivity index (χ3n) is 1.46. The van der Waals surface area contributed by atoms with Crippen molar-refractivity contribution in [3.63, 3.8) is 0 Å². The third kappa shape index (κ3) is 4.03. The van der Waals surface area contributed by atoms with Crippen molar-refractivity contribution in [3.05, 3.63) is 23.8 Å². The second-order valence-electron chi connectivity index (χ2n) is 2.68. The molecule has 1 aromatic rings. The van der Waals surface area contributed by atoms with E-state index >= 15 is 0 Å². The van der Waals surface area contributed by atoms with Gasteiger partial charge < -0.3 is 18.1 Å². The number of phenols is 1. The Balaban J connectivity index is 0.00000144. The van der Waals surface area contributed by atoms with E-state index in [9.17, 15) is 12.9 Å². The van der Waals surface area contributed by atoms with Gasteiger partial charge >= 0.3 is 58.4 Å². The van der Waals surface area contributed by atoms with Gasteiger partial charge in [-0.2, -0.15) is 0 Å². The molecule has 0 saturated carbocycles. The molecule has 6 heteroatoms. The fourth-order valence-corrected chi connectivity index (χ4v) is 0.981. The summed E-state index contributed by atoms with van der Waals surface area (Å²) < 4.78 is 36.3. The first-order valence-electron chi connectivity index (χ1n) is 3.40. The standard InChI is InChI=1S/C7H7BF3O.K/c1-5-2-6(8(9,10)11)4-7(12)3-5;/h2-4,12H,1H3;/q-1;+1. The Bertz CT molecular complexity index is 280. The first kappa shape index (κ1) is 13.5. The summed E-state index contributed by atoms with van der Waals surface area (Å²) in [6.07, 6.45) is 0. The van der Waals surface area contributed by atoms with Crippen LogP contribution in [0.15, 0.2) is 18.2 Å². The first-order chi connectivity index (χ1) is 5.39. The molecular weight excluding hydrogens is 207 g/mol. The van der Waals surface area contributed by atoms with Crippen molar-refractivity contribution in [3.8, 4) is 5.75 Å². The molecule has 0 fully saturated rings. The van der Waals surface area contributed by atoms with Gasteiger partial charge in [0.15, 0.2) is 0 Å². The molecule has 1 N–H and O–H groups in total. The van der Waals surface area contributed by atoms with E-state index in [0.717, 1.165) is 12.1 Å². The Hall–Kier alpha value is 0.511. The Morgan fingerprint density at radius 3 is 2.08 bits per heavy atom. The summed E-state index contributed by atoms with van der Waals surface area (Å²) in [7, 11) is 0. The van der Waals surface area contributed by atoms with Crippen LogP contribution in [0, 0.1) is 6.92 Å². The Morgan fingerprint density at radius 2 is 1.69 bits per heavy atom. The number of hydrogen-bond donors (Lipinski definition) is 1. The molecule has 0 unspecified atom stereocenters. The molecule has 0 radical (unpaired) electrons. The molecule has 0 spiro atoms. The zero-order valence-electron chi connectivity index (χ0n) is 7.39. The minimum atomic E-state index is -5.00. The number of benzene rings is 1. The van der Waals surface area contributed by atoms with Crippen molar-refractivity contribution in [2.45, 2.75) is 6.92 Å². The quantitative estimate of drug-likeness (QED) is 0.580. The van der Waals surface area contributed by atoms with Gasteiger partial charge in [0.1, 0.15) is 5.75 Å². The summed E-state index contributed by atoms with van der Waals surface area (Å²) >= 11 is 0. The van der Waals surface area contributed by atoms with Gasteiger partial charge in [-0.15, -0.1) is 5.46 Å². The Kier molecular flexibility index (Phi) is 5.03. The van der Waals surface area contributed by atoms with Crippen molar-refractivity contribution < 1.29 is 69.4 Å². The van der Waals surface area contributed by atoms with E-state index in [1.807, 2.05) is 0 Å². The van der Waals surface area contributed by atoms with E-state index in [0.29, 0.717) is 5.56 Å². The van der Waals surface area contributed by atoms with E-state index in [2.05, 4.69) is 0 Å². The minimum absolute atomic E-state index is 0. The summed E-state index contributed by atoms with van der Waals surface area (Å²) in [6.45, 7) is -3.50. The van der Waals surface area contributed by atoms with Crippen LogP contribution in [-0.2, 0) is 0 Å². The molecule has 0 atom stereocenters. The number of halogens is 3. The molecule has 0 aliphatic carbocycles. The second-order valence-corrected chi connectivity index (χ2v) is 2.68. The van der Waals surface area contributed by atoms with Gasteiger partial charge in [-0.1, -0.05) is 11.6 Å². The molecule has 1 aromatic carbocycles. The molecule has 0 bridgehead atoms. The summed E-state index contributed by atoms with van der Waals surface area (Å²) in [5, 5.41) is 8.87. The Labute approximate surface area is 117 Å². The molecule has 1 rings (SSSR count). The minimum Gasteiger partial charge on any atom is -0.508 e. The summed E-state index contributed by atoms with van der Waals surface area (Å²) in [5.41, 5.74) is -0.350. The maximum atomic E-state index is 12.1. The van der Waals surface area contributed by atoms with E-state index < -0.39 is 12.4 Å². The summed E-state index contributed by atoms with van der Waals surface area (Å²) in [6, 6.07) is 3.03. The maximum absolute atomic E-state index is 12.1. The van der Waals surface area contributed by atoms with Gasteiger partial charge in [-0.3, -0.25) is 0 Å². The predicted octanol–water partition coefficient (Wildman–Crippen LogP) is -1.24. The maximum Gasteiger partial charge on any atom is 1.00 e. The van der Waals surface area contributed by atoms with E-state index in [-0.39, 0.29) is 57.1 Å². The molecule has 0 saturated heterocycles. The van der Waals surface area contributed by atoms with E-state index in [4.69, 9.17) is 5.11 Å². The number of hydrogen-bond acceptors (Lipinski definition) is 1. The van der Waals surface area contributed by atoms with Crippen LogP contribution in [0.25, 0.3) is 0 Å². The van der Waals surface area contributed by atoms with Crippen LogP contribution >= 0.6 is 0 Å². The average molecular weight is 214 g/mol.